The van der Waals surface area contributed by atoms with Gasteiger partial charge in [0.05, 0.1) is 53.0 Å². The average molecular weight is 474 g/mol. The van der Waals surface area contributed by atoms with Crippen molar-refractivity contribution < 1.29 is 13.9 Å². The molecule has 34 heavy (non-hydrogen) atoms. The Bertz CT molecular complexity index is 1640. The first-order valence-corrected chi connectivity index (χ1v) is 11.3. The van der Waals surface area contributed by atoms with Crippen molar-refractivity contribution in [1.29, 1.82) is 0 Å². The third-order valence-corrected chi connectivity index (χ3v) is 6.22. The molecule has 0 amide bonds. The van der Waals surface area contributed by atoms with E-state index in [9.17, 15) is 14.4 Å². The number of rotatable bonds is 6. The maximum absolute atomic E-state index is 13.2. The summed E-state index contributed by atoms with van der Waals surface area (Å²) in [6.07, 6.45) is 1.55. The molecule has 0 saturated heterocycles. The second kappa shape index (κ2) is 8.99. The Morgan fingerprint density at radius 2 is 1.91 bits per heavy atom. The summed E-state index contributed by atoms with van der Waals surface area (Å²) in [7, 11) is 1.29. The number of aromatic amines is 1. The molecule has 3 heterocycles. The van der Waals surface area contributed by atoms with Gasteiger partial charge in [-0.2, -0.15) is 0 Å². The summed E-state index contributed by atoms with van der Waals surface area (Å²) < 4.78 is 11.7. The van der Waals surface area contributed by atoms with Crippen LogP contribution in [0.2, 0.25) is 0 Å². The Labute approximate surface area is 196 Å². The summed E-state index contributed by atoms with van der Waals surface area (Å²) in [5.41, 5.74) is 0.744. The van der Waals surface area contributed by atoms with Crippen molar-refractivity contribution in [2.24, 2.45) is 0 Å². The number of carbonyl (C=O) groups excluding carboxylic acids is 1. The van der Waals surface area contributed by atoms with E-state index in [2.05, 4.69) is 15.0 Å². The van der Waals surface area contributed by atoms with E-state index in [0.717, 1.165) is 0 Å². The number of hydrogen-bond donors (Lipinski definition) is 1. The largest absolute Gasteiger partial charge is 0.467 e. The second-order valence-corrected chi connectivity index (χ2v) is 8.35. The van der Waals surface area contributed by atoms with Crippen molar-refractivity contribution in [3.05, 3.63) is 98.7 Å². The number of aromatic nitrogens is 4. The van der Waals surface area contributed by atoms with Crippen LogP contribution in [0.1, 0.15) is 21.9 Å². The van der Waals surface area contributed by atoms with Crippen LogP contribution in [0, 0.1) is 0 Å². The Balaban J connectivity index is 1.52. The lowest BCUT2D eigenvalue weighted by Gasteiger charge is -2.12. The monoisotopic (exact) mass is 474 g/mol. The number of esters is 1. The molecule has 0 aliphatic rings. The minimum absolute atomic E-state index is 0.188. The van der Waals surface area contributed by atoms with Gasteiger partial charge in [0.2, 0.25) is 0 Å². The highest BCUT2D eigenvalue weighted by atomic mass is 32.2. The van der Waals surface area contributed by atoms with E-state index in [-0.39, 0.29) is 23.4 Å². The summed E-state index contributed by atoms with van der Waals surface area (Å²) in [5, 5.41) is 1.33. The summed E-state index contributed by atoms with van der Waals surface area (Å²) in [6, 6.07) is 15.3. The van der Waals surface area contributed by atoms with Gasteiger partial charge in [-0.1, -0.05) is 23.9 Å². The standard InChI is InChI=1S/C24H18N4O5S/c1-32-23(31)14-8-9-16-19(11-14)25-20(27-21(16)29)13-34-24-26-18-7-3-2-6-17(18)22(30)28(24)12-15-5-4-10-33-15/h2-11H,12-13H2,1H3,(H,25,27,29). The summed E-state index contributed by atoms with van der Waals surface area (Å²) >= 11 is 1.27. The lowest BCUT2D eigenvalue weighted by Crippen LogP contribution is -2.24. The Kier molecular flexibility index (Phi) is 5.72. The Hall–Kier alpha value is -4.18. The summed E-state index contributed by atoms with van der Waals surface area (Å²) in [5.74, 6) is 0.739. The van der Waals surface area contributed by atoms with Crippen LogP contribution in [-0.2, 0) is 17.0 Å². The predicted octanol–water partition coefficient (Wildman–Crippen LogP) is 3.35. The van der Waals surface area contributed by atoms with Gasteiger partial charge in [-0.3, -0.25) is 14.2 Å². The molecule has 9 nitrogen and oxygen atoms in total. The van der Waals surface area contributed by atoms with Crippen molar-refractivity contribution >= 4 is 39.5 Å². The van der Waals surface area contributed by atoms with Crippen molar-refractivity contribution in [3.8, 4) is 0 Å². The molecule has 0 unspecified atom stereocenters. The van der Waals surface area contributed by atoms with Crippen LogP contribution in [0.5, 0.6) is 0 Å². The molecule has 5 aromatic rings. The molecular formula is C24H18N4O5S. The SMILES string of the molecule is COC(=O)c1ccc2c(=O)[nH]c(CSc3nc4ccccc4c(=O)n3Cc3ccco3)nc2c1. The second-order valence-electron chi connectivity index (χ2n) is 7.41. The lowest BCUT2D eigenvalue weighted by atomic mass is 10.1. The van der Waals surface area contributed by atoms with Crippen LogP contribution in [0.15, 0.2) is 80.0 Å². The summed E-state index contributed by atoms with van der Waals surface area (Å²) in [6.45, 7) is 0.218. The van der Waals surface area contributed by atoms with Gasteiger partial charge >= 0.3 is 5.97 Å². The fourth-order valence-electron chi connectivity index (χ4n) is 3.59. The van der Waals surface area contributed by atoms with E-state index in [4.69, 9.17) is 9.15 Å². The third-order valence-electron chi connectivity index (χ3n) is 5.24. The van der Waals surface area contributed by atoms with Crippen LogP contribution >= 0.6 is 11.8 Å². The van der Waals surface area contributed by atoms with Crippen LogP contribution < -0.4 is 11.1 Å². The number of furan rings is 1. The number of H-pyrrole nitrogens is 1. The van der Waals surface area contributed by atoms with E-state index in [0.29, 0.717) is 44.1 Å². The number of nitrogens with one attached hydrogen (secondary N) is 1. The van der Waals surface area contributed by atoms with Gasteiger partial charge in [0.25, 0.3) is 11.1 Å². The number of para-hydroxylation sites is 1. The number of ether oxygens (including phenoxy) is 1. The zero-order valence-electron chi connectivity index (χ0n) is 18.0. The number of fused-ring (bicyclic) bond motifs is 2. The van der Waals surface area contributed by atoms with Gasteiger partial charge in [-0.25, -0.2) is 14.8 Å². The first kappa shape index (κ1) is 21.7. The molecule has 0 aliphatic carbocycles. The van der Waals surface area contributed by atoms with Crippen LogP contribution in [0.25, 0.3) is 21.8 Å². The van der Waals surface area contributed by atoms with Gasteiger partial charge in [-0.05, 0) is 42.5 Å². The van der Waals surface area contributed by atoms with Gasteiger partial charge in [0, 0.05) is 0 Å². The maximum Gasteiger partial charge on any atom is 0.337 e. The highest BCUT2D eigenvalue weighted by Crippen LogP contribution is 2.22. The highest BCUT2D eigenvalue weighted by molar-refractivity contribution is 7.98. The van der Waals surface area contributed by atoms with Gasteiger partial charge in [-0.15, -0.1) is 0 Å². The van der Waals surface area contributed by atoms with E-state index in [1.54, 1.807) is 41.2 Å². The van der Waals surface area contributed by atoms with Crippen LogP contribution in [0.3, 0.4) is 0 Å². The molecule has 1 N–H and O–H groups in total. The van der Waals surface area contributed by atoms with E-state index < -0.39 is 5.97 Å². The number of methoxy groups -OCH3 is 1. The molecule has 2 aromatic carbocycles. The Morgan fingerprint density at radius 1 is 1.06 bits per heavy atom. The number of thioether (sulfide) groups is 1. The number of hydrogen-bond acceptors (Lipinski definition) is 8. The topological polar surface area (TPSA) is 120 Å². The third kappa shape index (κ3) is 4.11. The average Bonchev–Trinajstić information content (AvgIpc) is 3.37. The highest BCUT2D eigenvalue weighted by Gasteiger charge is 2.15. The fourth-order valence-corrected chi connectivity index (χ4v) is 4.46. The number of nitrogens with zero attached hydrogens (tertiary/aromatic N) is 3. The number of benzene rings is 2. The molecule has 0 fully saturated rings. The molecule has 0 saturated carbocycles. The van der Waals surface area contributed by atoms with E-state index >= 15 is 0 Å². The normalized spacial score (nSPS) is 11.2. The molecule has 0 spiro atoms. The fraction of sp³-hybridized carbons (Fsp3) is 0.125. The molecular weight excluding hydrogens is 456 g/mol. The molecule has 170 valence electrons. The van der Waals surface area contributed by atoms with Gasteiger partial charge < -0.3 is 14.1 Å². The molecule has 3 aromatic heterocycles. The van der Waals surface area contributed by atoms with E-state index in [1.165, 1.54) is 37.1 Å². The first-order chi connectivity index (χ1) is 16.5. The maximum atomic E-state index is 13.2. The van der Waals surface area contributed by atoms with Crippen LogP contribution in [0.4, 0.5) is 0 Å². The lowest BCUT2D eigenvalue weighted by molar-refractivity contribution is 0.0601. The minimum atomic E-state index is -0.512. The quantitative estimate of drug-likeness (QED) is 0.226. The van der Waals surface area contributed by atoms with Crippen molar-refractivity contribution in [2.45, 2.75) is 17.5 Å². The minimum Gasteiger partial charge on any atom is -0.467 e. The molecule has 10 heteroatoms. The zero-order chi connectivity index (χ0) is 23.7. The van der Waals surface area contributed by atoms with Crippen LogP contribution in [-0.4, -0.2) is 32.6 Å². The van der Waals surface area contributed by atoms with Gasteiger partial charge in [0.15, 0.2) is 5.16 Å². The molecule has 0 aliphatic heterocycles. The Morgan fingerprint density at radius 3 is 2.71 bits per heavy atom. The molecule has 0 radical (unpaired) electrons. The summed E-state index contributed by atoms with van der Waals surface area (Å²) in [4.78, 5) is 49.5. The number of carbonyl (C=O) groups is 1. The van der Waals surface area contributed by atoms with Gasteiger partial charge in [0.1, 0.15) is 11.6 Å². The van der Waals surface area contributed by atoms with Crippen molar-refractivity contribution in [1.82, 2.24) is 19.5 Å². The smallest absolute Gasteiger partial charge is 0.337 e. The van der Waals surface area contributed by atoms with Crippen molar-refractivity contribution in [3.63, 3.8) is 0 Å². The molecule has 5 rings (SSSR count). The first-order valence-electron chi connectivity index (χ1n) is 10.3. The molecule has 0 atom stereocenters. The van der Waals surface area contributed by atoms with Crippen molar-refractivity contribution in [2.75, 3.05) is 7.11 Å². The zero-order valence-corrected chi connectivity index (χ0v) is 18.8. The van der Waals surface area contributed by atoms with E-state index in [1.807, 2.05) is 6.07 Å². The predicted molar refractivity (Wildman–Crippen MR) is 127 cm³/mol. The molecule has 0 bridgehead atoms.